The van der Waals surface area contributed by atoms with Crippen molar-refractivity contribution in [3.8, 4) is 22.3 Å². The van der Waals surface area contributed by atoms with Crippen molar-refractivity contribution in [2.45, 2.75) is 15.2 Å². The van der Waals surface area contributed by atoms with E-state index in [-0.39, 0.29) is 0 Å². The van der Waals surface area contributed by atoms with E-state index in [0.717, 1.165) is 17.1 Å². The van der Waals surface area contributed by atoms with Gasteiger partial charge in [-0.2, -0.15) is 0 Å². The Kier molecular flexibility index (Phi) is 6.40. The van der Waals surface area contributed by atoms with E-state index in [4.69, 9.17) is 0 Å². The molecule has 2 aliphatic rings. The Morgan fingerprint density at radius 1 is 0.388 bits per heavy atom. The molecule has 8 aromatic carbocycles. The van der Waals surface area contributed by atoms with Crippen LogP contribution in [0.5, 0.6) is 0 Å². The maximum Gasteiger partial charge on any atom is 0.0741 e. The molecule has 0 fully saturated rings. The van der Waals surface area contributed by atoms with Crippen LogP contribution in [0.25, 0.3) is 33.0 Å². The van der Waals surface area contributed by atoms with Gasteiger partial charge < -0.3 is 4.90 Å². The Balaban J connectivity index is 1.19. The minimum absolute atomic E-state index is 0.405. The van der Waals surface area contributed by atoms with Crippen molar-refractivity contribution in [2.24, 2.45) is 0 Å². The first-order valence-corrected chi connectivity index (χ1v) is 17.7. The van der Waals surface area contributed by atoms with Crippen molar-refractivity contribution in [1.82, 2.24) is 0 Å². The van der Waals surface area contributed by atoms with Gasteiger partial charge in [0.2, 0.25) is 0 Å². The Hall–Kier alpha value is -5.83. The maximum absolute atomic E-state index is 2.37. The quantitative estimate of drug-likeness (QED) is 0.188. The van der Waals surface area contributed by atoms with E-state index in [9.17, 15) is 0 Å². The summed E-state index contributed by atoms with van der Waals surface area (Å²) in [6.07, 6.45) is 0. The van der Waals surface area contributed by atoms with E-state index >= 15 is 0 Å². The molecule has 1 aliphatic carbocycles. The number of fused-ring (bicyclic) bond motifs is 11. The van der Waals surface area contributed by atoms with E-state index < -0.39 is 5.41 Å². The molecule has 0 unspecified atom stereocenters. The van der Waals surface area contributed by atoms with Crippen molar-refractivity contribution < 1.29 is 0 Å². The Bertz CT molecular complexity index is 2470. The summed E-state index contributed by atoms with van der Waals surface area (Å²) in [7, 11) is 0. The van der Waals surface area contributed by atoms with Crippen LogP contribution >= 0.6 is 11.8 Å². The molecule has 1 heterocycles. The van der Waals surface area contributed by atoms with Gasteiger partial charge in [0.25, 0.3) is 0 Å². The zero-order valence-corrected chi connectivity index (χ0v) is 27.6. The van der Waals surface area contributed by atoms with Crippen LogP contribution in [0, 0.1) is 0 Å². The third kappa shape index (κ3) is 4.21. The van der Waals surface area contributed by atoms with Crippen molar-refractivity contribution >= 4 is 39.6 Å². The smallest absolute Gasteiger partial charge is 0.0741 e. The Morgan fingerprint density at radius 3 is 1.65 bits per heavy atom. The molecular weight excluding hydrogens is 611 g/mol. The number of benzene rings is 8. The van der Waals surface area contributed by atoms with Gasteiger partial charge in [0.05, 0.1) is 5.41 Å². The van der Waals surface area contributed by atoms with Gasteiger partial charge in [-0.15, -0.1) is 0 Å². The molecule has 0 saturated carbocycles. The van der Waals surface area contributed by atoms with Crippen LogP contribution in [-0.2, 0) is 5.41 Å². The lowest BCUT2D eigenvalue weighted by Gasteiger charge is -2.40. The van der Waals surface area contributed by atoms with Gasteiger partial charge in [0.15, 0.2) is 0 Å². The zero-order chi connectivity index (χ0) is 32.4. The van der Waals surface area contributed by atoms with Gasteiger partial charge in [0.1, 0.15) is 0 Å². The first-order chi connectivity index (χ1) is 24.3. The fourth-order valence-electron chi connectivity index (χ4n) is 8.28. The van der Waals surface area contributed by atoms with Crippen LogP contribution < -0.4 is 4.90 Å². The molecule has 49 heavy (non-hydrogen) atoms. The Morgan fingerprint density at radius 2 is 0.939 bits per heavy atom. The summed E-state index contributed by atoms with van der Waals surface area (Å²) in [6.45, 7) is 0. The van der Waals surface area contributed by atoms with E-state index in [2.05, 4.69) is 193 Å². The summed E-state index contributed by atoms with van der Waals surface area (Å²) in [5, 5.41) is 2.53. The highest BCUT2D eigenvalue weighted by atomic mass is 32.2. The molecule has 1 aliphatic heterocycles. The predicted molar refractivity (Wildman–Crippen MR) is 205 cm³/mol. The van der Waals surface area contributed by atoms with Crippen molar-refractivity contribution in [3.63, 3.8) is 0 Å². The third-order valence-electron chi connectivity index (χ3n) is 10.3. The molecule has 10 rings (SSSR count). The lowest BCUT2D eigenvalue weighted by molar-refractivity contribution is 0.730. The van der Waals surface area contributed by atoms with Gasteiger partial charge in [-0.3, -0.25) is 0 Å². The van der Waals surface area contributed by atoms with Gasteiger partial charge >= 0.3 is 0 Å². The molecule has 0 atom stereocenters. The van der Waals surface area contributed by atoms with Gasteiger partial charge in [-0.1, -0.05) is 151 Å². The number of para-hydroxylation sites is 1. The number of nitrogens with zero attached hydrogens (tertiary/aromatic N) is 1. The fourth-order valence-corrected chi connectivity index (χ4v) is 9.49. The summed E-state index contributed by atoms with van der Waals surface area (Å²) in [6, 6.07) is 69.1. The second-order valence-corrected chi connectivity index (χ2v) is 14.0. The first-order valence-electron chi connectivity index (χ1n) is 16.9. The topological polar surface area (TPSA) is 3.24 Å². The molecule has 0 radical (unpaired) electrons. The summed E-state index contributed by atoms with van der Waals surface area (Å²) in [4.78, 5) is 5.02. The molecule has 0 N–H and O–H groups in total. The molecule has 2 heteroatoms. The van der Waals surface area contributed by atoms with Crippen LogP contribution in [0.3, 0.4) is 0 Å². The lowest BCUT2D eigenvalue weighted by Crippen LogP contribution is -2.32. The van der Waals surface area contributed by atoms with E-state index in [1.807, 2.05) is 11.8 Å². The SMILES string of the molecule is c1ccc(-c2ccc(N(c3ccccc3)c3ccc4c5c(ccc4c3)Sc3ccccc3C53c4ccccc4-c4ccccc43)cc2)cc1. The van der Waals surface area contributed by atoms with Crippen LogP contribution in [0.2, 0.25) is 0 Å². The highest BCUT2D eigenvalue weighted by molar-refractivity contribution is 7.99. The lowest BCUT2D eigenvalue weighted by atomic mass is 9.66. The molecule has 0 aromatic heterocycles. The summed E-state index contributed by atoms with van der Waals surface area (Å²) in [5.41, 5.74) is 13.6. The summed E-state index contributed by atoms with van der Waals surface area (Å²) in [5.74, 6) is 0. The Labute approximate surface area is 291 Å². The summed E-state index contributed by atoms with van der Waals surface area (Å²) < 4.78 is 0. The van der Waals surface area contributed by atoms with Crippen LogP contribution in [0.4, 0.5) is 17.1 Å². The normalized spacial score (nSPS) is 13.4. The van der Waals surface area contributed by atoms with Crippen molar-refractivity contribution in [3.05, 3.63) is 210 Å². The van der Waals surface area contributed by atoms with Gasteiger partial charge in [-0.05, 0) is 104 Å². The van der Waals surface area contributed by atoms with Crippen molar-refractivity contribution in [2.75, 3.05) is 4.90 Å². The molecule has 0 amide bonds. The third-order valence-corrected chi connectivity index (χ3v) is 11.4. The average Bonchev–Trinajstić information content (AvgIpc) is 3.46. The van der Waals surface area contributed by atoms with Crippen molar-refractivity contribution in [1.29, 1.82) is 0 Å². The van der Waals surface area contributed by atoms with E-state index in [0.29, 0.717) is 0 Å². The second kappa shape index (κ2) is 11.1. The van der Waals surface area contributed by atoms with E-state index in [1.54, 1.807) is 0 Å². The van der Waals surface area contributed by atoms with E-state index in [1.165, 1.54) is 65.1 Å². The maximum atomic E-state index is 2.37. The van der Waals surface area contributed by atoms with Crippen LogP contribution in [-0.4, -0.2) is 0 Å². The fraction of sp³-hybridized carbons (Fsp3) is 0.0213. The molecule has 230 valence electrons. The van der Waals surface area contributed by atoms with Gasteiger partial charge in [-0.25, -0.2) is 0 Å². The highest BCUT2D eigenvalue weighted by Gasteiger charge is 2.50. The molecular formula is C47H31NS. The number of rotatable bonds is 4. The number of hydrogen-bond donors (Lipinski definition) is 0. The minimum Gasteiger partial charge on any atom is -0.310 e. The summed E-state index contributed by atoms with van der Waals surface area (Å²) >= 11 is 1.90. The standard InChI is InChI=1S/C47H31NS/c1-3-13-32(14-4-1)33-23-26-36(27-24-33)48(35-15-5-2-6-16-35)37-28-29-38-34(31-37)25-30-45-46(38)47(43-21-11-12-22-44(43)49-45)41-19-9-7-17-39(41)40-18-8-10-20-42(40)47/h1-31H. The monoisotopic (exact) mass is 641 g/mol. The predicted octanol–water partition coefficient (Wildman–Crippen LogP) is 12.8. The molecule has 0 bridgehead atoms. The first kappa shape index (κ1) is 28.2. The van der Waals surface area contributed by atoms with Gasteiger partial charge in [0, 0.05) is 26.9 Å². The average molecular weight is 642 g/mol. The molecule has 1 spiro atoms. The largest absolute Gasteiger partial charge is 0.310 e. The minimum atomic E-state index is -0.405. The second-order valence-electron chi connectivity index (χ2n) is 12.9. The number of anilines is 3. The molecule has 0 saturated heterocycles. The number of hydrogen-bond acceptors (Lipinski definition) is 2. The van der Waals surface area contributed by atoms with Crippen LogP contribution in [0.15, 0.2) is 198 Å². The zero-order valence-electron chi connectivity index (χ0n) is 26.8. The molecule has 8 aromatic rings. The van der Waals surface area contributed by atoms with Crippen LogP contribution in [0.1, 0.15) is 22.3 Å². The highest BCUT2D eigenvalue weighted by Crippen LogP contribution is 2.63. The molecule has 1 nitrogen and oxygen atoms in total.